The van der Waals surface area contributed by atoms with E-state index >= 15 is 0 Å². The number of hydrogen-bond acceptors (Lipinski definition) is 5. The molecule has 9 nitrogen and oxygen atoms in total. The normalized spacial score (nSPS) is 20.9. The first-order valence-electron chi connectivity index (χ1n) is 13.3. The standard InChI is InChI=1S/C26H45N3O6/c1-19(2)13-15-28(17-23(30)27-21-7-5-4-6-8-21)24(31)18-29(16-14-25(32)33)26(34)20-9-11-22(35-3)12-10-20/h19-22H,4-18H2,1-3H3,(H,27,30)(H,32,33). The summed E-state index contributed by atoms with van der Waals surface area (Å²) in [5.74, 6) is -1.55. The van der Waals surface area contributed by atoms with Crippen LogP contribution in [0, 0.1) is 11.8 Å². The van der Waals surface area contributed by atoms with E-state index in [1.165, 1.54) is 16.2 Å². The predicted octanol–water partition coefficient (Wildman–Crippen LogP) is 2.82. The number of aliphatic carboxylic acids is 1. The molecule has 3 amide bonds. The van der Waals surface area contributed by atoms with Crippen LogP contribution in [0.1, 0.15) is 84.5 Å². The zero-order valence-corrected chi connectivity index (χ0v) is 21.8. The lowest BCUT2D eigenvalue weighted by molar-refractivity contribution is -0.146. The Balaban J connectivity index is 2.04. The van der Waals surface area contributed by atoms with E-state index in [1.807, 2.05) is 0 Å². The molecule has 0 saturated heterocycles. The Labute approximate surface area is 209 Å². The van der Waals surface area contributed by atoms with Crippen LogP contribution in [-0.2, 0) is 23.9 Å². The van der Waals surface area contributed by atoms with Crippen LogP contribution in [0.5, 0.6) is 0 Å². The number of hydrogen-bond donors (Lipinski definition) is 2. The molecule has 0 aromatic carbocycles. The number of nitrogens with zero attached hydrogens (tertiary/aromatic N) is 2. The Morgan fingerprint density at radius 2 is 1.57 bits per heavy atom. The number of amides is 3. The van der Waals surface area contributed by atoms with Gasteiger partial charge in [-0.25, -0.2) is 0 Å². The first-order chi connectivity index (χ1) is 16.7. The molecule has 2 N–H and O–H groups in total. The van der Waals surface area contributed by atoms with Crippen LogP contribution in [0.25, 0.3) is 0 Å². The third-order valence-electron chi connectivity index (χ3n) is 7.22. The number of carboxylic acids is 1. The summed E-state index contributed by atoms with van der Waals surface area (Å²) in [6.45, 7) is 4.28. The van der Waals surface area contributed by atoms with E-state index in [9.17, 15) is 24.3 Å². The van der Waals surface area contributed by atoms with Crippen molar-refractivity contribution >= 4 is 23.7 Å². The zero-order valence-electron chi connectivity index (χ0n) is 21.8. The summed E-state index contributed by atoms with van der Waals surface area (Å²) in [5.41, 5.74) is 0. The lowest BCUT2D eigenvalue weighted by Gasteiger charge is -2.33. The van der Waals surface area contributed by atoms with Crippen LogP contribution in [0.4, 0.5) is 0 Å². The summed E-state index contributed by atoms with van der Waals surface area (Å²) in [4.78, 5) is 53.4. The number of carboxylic acid groups (broad SMARTS) is 1. The summed E-state index contributed by atoms with van der Waals surface area (Å²) in [5, 5.41) is 12.2. The third-order valence-corrected chi connectivity index (χ3v) is 7.22. The van der Waals surface area contributed by atoms with E-state index in [-0.39, 0.29) is 61.8 Å². The molecule has 0 radical (unpaired) electrons. The maximum atomic E-state index is 13.3. The molecule has 0 bridgehead atoms. The van der Waals surface area contributed by atoms with Crippen molar-refractivity contribution in [2.24, 2.45) is 11.8 Å². The summed E-state index contributed by atoms with van der Waals surface area (Å²) >= 11 is 0. The molecule has 9 heteroatoms. The highest BCUT2D eigenvalue weighted by molar-refractivity contribution is 5.89. The van der Waals surface area contributed by atoms with Gasteiger partial charge in [0.25, 0.3) is 0 Å². The molecule has 0 atom stereocenters. The van der Waals surface area contributed by atoms with Gasteiger partial charge in [-0.05, 0) is 50.9 Å². The molecule has 2 fully saturated rings. The fourth-order valence-corrected chi connectivity index (χ4v) is 4.96. The molecular weight excluding hydrogens is 450 g/mol. The minimum atomic E-state index is -1.01. The van der Waals surface area contributed by atoms with Gasteiger partial charge in [0.2, 0.25) is 17.7 Å². The number of methoxy groups -OCH3 is 1. The SMILES string of the molecule is COC1CCC(C(=O)N(CCC(=O)O)CC(=O)N(CCC(C)C)CC(=O)NC2CCCCC2)CC1. The van der Waals surface area contributed by atoms with Crippen molar-refractivity contribution in [3.05, 3.63) is 0 Å². The van der Waals surface area contributed by atoms with Gasteiger partial charge >= 0.3 is 5.97 Å². The number of carbonyl (C=O) groups excluding carboxylic acids is 3. The van der Waals surface area contributed by atoms with Gasteiger partial charge in [0.05, 0.1) is 25.6 Å². The monoisotopic (exact) mass is 495 g/mol. The molecule has 35 heavy (non-hydrogen) atoms. The van der Waals surface area contributed by atoms with Crippen molar-refractivity contribution in [1.29, 1.82) is 0 Å². The highest BCUT2D eigenvalue weighted by atomic mass is 16.5. The number of carbonyl (C=O) groups is 4. The molecule has 0 aliphatic heterocycles. The number of nitrogens with one attached hydrogen (secondary N) is 1. The van der Waals surface area contributed by atoms with E-state index in [0.717, 1.165) is 44.9 Å². The van der Waals surface area contributed by atoms with Gasteiger partial charge in [-0.3, -0.25) is 19.2 Å². The topological polar surface area (TPSA) is 116 Å². The second-order valence-electron chi connectivity index (χ2n) is 10.5. The molecule has 0 spiro atoms. The summed E-state index contributed by atoms with van der Waals surface area (Å²) in [6.07, 6.45) is 8.87. The van der Waals surface area contributed by atoms with Crippen LogP contribution in [0.2, 0.25) is 0 Å². The predicted molar refractivity (Wildman–Crippen MR) is 133 cm³/mol. The molecule has 0 aromatic rings. The number of rotatable bonds is 13. The van der Waals surface area contributed by atoms with E-state index in [2.05, 4.69) is 19.2 Å². The second kappa shape index (κ2) is 15.1. The van der Waals surface area contributed by atoms with Crippen molar-refractivity contribution in [3.8, 4) is 0 Å². The van der Waals surface area contributed by atoms with Gasteiger partial charge in [0.1, 0.15) is 0 Å². The molecule has 2 aliphatic rings. The van der Waals surface area contributed by atoms with Crippen molar-refractivity contribution in [1.82, 2.24) is 15.1 Å². The molecule has 0 unspecified atom stereocenters. The van der Waals surface area contributed by atoms with Crippen LogP contribution in [0.3, 0.4) is 0 Å². The van der Waals surface area contributed by atoms with Gasteiger partial charge in [-0.15, -0.1) is 0 Å². The van der Waals surface area contributed by atoms with Crippen molar-refractivity contribution < 1.29 is 29.0 Å². The van der Waals surface area contributed by atoms with Crippen LogP contribution < -0.4 is 5.32 Å². The first-order valence-corrected chi connectivity index (χ1v) is 13.3. The van der Waals surface area contributed by atoms with Gasteiger partial charge in [0, 0.05) is 32.2 Å². The van der Waals surface area contributed by atoms with Gasteiger partial charge in [0.15, 0.2) is 0 Å². The van der Waals surface area contributed by atoms with E-state index in [0.29, 0.717) is 25.3 Å². The van der Waals surface area contributed by atoms with E-state index in [1.54, 1.807) is 7.11 Å². The highest BCUT2D eigenvalue weighted by Gasteiger charge is 2.32. The average Bonchev–Trinajstić information content (AvgIpc) is 2.84. The molecular formula is C26H45N3O6. The average molecular weight is 496 g/mol. The van der Waals surface area contributed by atoms with Crippen molar-refractivity contribution in [2.75, 3.05) is 33.3 Å². The molecule has 200 valence electrons. The molecule has 0 heterocycles. The van der Waals surface area contributed by atoms with Gasteiger partial charge in [-0.1, -0.05) is 33.1 Å². The zero-order chi connectivity index (χ0) is 25.8. The lowest BCUT2D eigenvalue weighted by Crippen LogP contribution is -2.50. The second-order valence-corrected chi connectivity index (χ2v) is 10.5. The Hall–Kier alpha value is -2.16. The van der Waals surface area contributed by atoms with E-state index in [4.69, 9.17) is 4.74 Å². The lowest BCUT2D eigenvalue weighted by atomic mass is 9.86. The Morgan fingerprint density at radius 3 is 2.14 bits per heavy atom. The smallest absolute Gasteiger partial charge is 0.305 e. The molecule has 2 rings (SSSR count). The summed E-state index contributed by atoms with van der Waals surface area (Å²) < 4.78 is 5.39. The van der Waals surface area contributed by atoms with Crippen LogP contribution in [0.15, 0.2) is 0 Å². The Bertz CT molecular complexity index is 699. The Morgan fingerprint density at radius 1 is 0.914 bits per heavy atom. The summed E-state index contributed by atoms with van der Waals surface area (Å²) in [7, 11) is 1.67. The fraction of sp³-hybridized carbons (Fsp3) is 0.846. The van der Waals surface area contributed by atoms with Crippen molar-refractivity contribution in [3.63, 3.8) is 0 Å². The quantitative estimate of drug-likeness (QED) is 0.406. The minimum Gasteiger partial charge on any atom is -0.481 e. The summed E-state index contributed by atoms with van der Waals surface area (Å²) in [6, 6.07) is 0.161. The van der Waals surface area contributed by atoms with Gasteiger partial charge in [-0.2, -0.15) is 0 Å². The number of ether oxygens (including phenoxy) is 1. The van der Waals surface area contributed by atoms with E-state index < -0.39 is 5.97 Å². The molecule has 0 aromatic heterocycles. The maximum Gasteiger partial charge on any atom is 0.305 e. The maximum absolute atomic E-state index is 13.3. The first kappa shape index (κ1) is 29.1. The van der Waals surface area contributed by atoms with Crippen molar-refractivity contribution in [2.45, 2.75) is 96.6 Å². The van der Waals surface area contributed by atoms with Crippen LogP contribution in [-0.4, -0.2) is 84.0 Å². The third kappa shape index (κ3) is 10.5. The highest BCUT2D eigenvalue weighted by Crippen LogP contribution is 2.27. The molecule has 2 saturated carbocycles. The minimum absolute atomic E-state index is 0.0175. The van der Waals surface area contributed by atoms with Gasteiger partial charge < -0.3 is 25.0 Å². The van der Waals surface area contributed by atoms with Crippen LogP contribution >= 0.6 is 0 Å². The molecule has 2 aliphatic carbocycles. The largest absolute Gasteiger partial charge is 0.481 e. The fourth-order valence-electron chi connectivity index (χ4n) is 4.96. The Kier molecular flexibility index (Phi) is 12.5.